The number of halogens is 1. The Morgan fingerprint density at radius 1 is 1.64 bits per heavy atom. The summed E-state index contributed by atoms with van der Waals surface area (Å²) >= 11 is 3.36. The van der Waals surface area contributed by atoms with Gasteiger partial charge in [0.25, 0.3) is 0 Å². The average Bonchev–Trinajstić information content (AvgIpc) is 1.95. The lowest BCUT2D eigenvalue weighted by atomic mass is 10.3. The second-order valence-electron chi connectivity index (χ2n) is 2.35. The summed E-state index contributed by atoms with van der Waals surface area (Å²) in [6.07, 6.45) is 1.80. The highest BCUT2D eigenvalue weighted by molar-refractivity contribution is 9.10. The minimum Gasteiger partial charge on any atom is -0.370 e. The summed E-state index contributed by atoms with van der Waals surface area (Å²) in [5.74, 6) is 0.968. The second kappa shape index (κ2) is 3.72. The molecule has 0 aromatic carbocycles. The van der Waals surface area contributed by atoms with Crippen LogP contribution in [0.5, 0.6) is 0 Å². The van der Waals surface area contributed by atoms with Crippen molar-refractivity contribution in [2.45, 2.75) is 13.8 Å². The van der Waals surface area contributed by atoms with Gasteiger partial charge in [-0.1, -0.05) is 0 Å². The van der Waals surface area contributed by atoms with Crippen molar-refractivity contribution in [2.24, 2.45) is 0 Å². The smallest absolute Gasteiger partial charge is 0.128 e. The van der Waals surface area contributed by atoms with E-state index in [0.29, 0.717) is 0 Å². The quantitative estimate of drug-likeness (QED) is 0.820. The van der Waals surface area contributed by atoms with Crippen LogP contribution in [0.15, 0.2) is 16.7 Å². The van der Waals surface area contributed by atoms with E-state index in [1.165, 1.54) is 5.56 Å². The Hall–Kier alpha value is -0.570. The molecule has 0 spiro atoms. The Balaban J connectivity index is 2.90. The maximum atomic E-state index is 4.21. The van der Waals surface area contributed by atoms with Crippen LogP contribution in [0.25, 0.3) is 0 Å². The van der Waals surface area contributed by atoms with E-state index in [0.717, 1.165) is 16.8 Å². The zero-order chi connectivity index (χ0) is 8.27. The van der Waals surface area contributed by atoms with Gasteiger partial charge in [-0.2, -0.15) is 0 Å². The molecular formula is C8H11BrN2. The van der Waals surface area contributed by atoms with Crippen LogP contribution in [0.3, 0.4) is 0 Å². The van der Waals surface area contributed by atoms with Gasteiger partial charge in [0, 0.05) is 17.2 Å². The van der Waals surface area contributed by atoms with E-state index in [1.54, 1.807) is 6.20 Å². The van der Waals surface area contributed by atoms with Crippen LogP contribution in [-0.2, 0) is 0 Å². The fraction of sp³-hybridized carbons (Fsp3) is 0.375. The van der Waals surface area contributed by atoms with Gasteiger partial charge in [0.2, 0.25) is 0 Å². The number of anilines is 1. The van der Waals surface area contributed by atoms with Gasteiger partial charge in [0.05, 0.1) is 0 Å². The van der Waals surface area contributed by atoms with Crippen molar-refractivity contribution in [3.8, 4) is 0 Å². The summed E-state index contributed by atoms with van der Waals surface area (Å²) in [5.41, 5.74) is 1.17. The molecule has 0 fully saturated rings. The molecule has 60 valence electrons. The standard InChI is InChI=1S/C8H11BrN2/c1-3-10-8-6(2)4-7(9)5-11-8/h4-5H,3H2,1-2H3,(H,10,11). The number of hydrogen-bond donors (Lipinski definition) is 1. The molecule has 0 saturated carbocycles. The minimum atomic E-state index is 0.912. The minimum absolute atomic E-state index is 0.912. The van der Waals surface area contributed by atoms with Gasteiger partial charge in [-0.25, -0.2) is 4.98 Å². The molecule has 0 radical (unpaired) electrons. The number of nitrogens with zero attached hydrogens (tertiary/aromatic N) is 1. The largest absolute Gasteiger partial charge is 0.370 e. The number of aryl methyl sites for hydroxylation is 1. The lowest BCUT2D eigenvalue weighted by Gasteiger charge is -2.04. The molecule has 11 heavy (non-hydrogen) atoms. The summed E-state index contributed by atoms with van der Waals surface area (Å²) < 4.78 is 1.02. The lowest BCUT2D eigenvalue weighted by molar-refractivity contribution is 1.13. The van der Waals surface area contributed by atoms with Crippen molar-refractivity contribution < 1.29 is 0 Å². The highest BCUT2D eigenvalue weighted by Gasteiger charge is 1.96. The third-order valence-electron chi connectivity index (χ3n) is 1.39. The molecule has 0 aliphatic rings. The second-order valence-corrected chi connectivity index (χ2v) is 3.27. The van der Waals surface area contributed by atoms with E-state index in [9.17, 15) is 0 Å². The number of pyridine rings is 1. The van der Waals surface area contributed by atoms with E-state index in [4.69, 9.17) is 0 Å². The van der Waals surface area contributed by atoms with Crippen LogP contribution in [0.4, 0.5) is 5.82 Å². The molecule has 0 aliphatic heterocycles. The van der Waals surface area contributed by atoms with Crippen LogP contribution in [0, 0.1) is 6.92 Å². The first kappa shape index (κ1) is 8.53. The van der Waals surface area contributed by atoms with Gasteiger partial charge in [-0.3, -0.25) is 0 Å². The van der Waals surface area contributed by atoms with Crippen molar-refractivity contribution in [1.29, 1.82) is 0 Å². The fourth-order valence-electron chi connectivity index (χ4n) is 0.893. The Labute approximate surface area is 75.2 Å². The maximum Gasteiger partial charge on any atom is 0.128 e. The first-order chi connectivity index (χ1) is 5.24. The maximum absolute atomic E-state index is 4.21. The summed E-state index contributed by atoms with van der Waals surface area (Å²) in [5, 5.41) is 3.17. The highest BCUT2D eigenvalue weighted by Crippen LogP contribution is 2.15. The lowest BCUT2D eigenvalue weighted by Crippen LogP contribution is -2.00. The van der Waals surface area contributed by atoms with Gasteiger partial charge in [0.1, 0.15) is 5.82 Å². The topological polar surface area (TPSA) is 24.9 Å². The Bertz CT molecular complexity index is 248. The predicted octanol–water partition coefficient (Wildman–Crippen LogP) is 2.58. The number of nitrogens with one attached hydrogen (secondary N) is 1. The Morgan fingerprint density at radius 3 is 2.91 bits per heavy atom. The van der Waals surface area contributed by atoms with Gasteiger partial charge in [-0.05, 0) is 41.4 Å². The molecule has 0 amide bonds. The molecular weight excluding hydrogens is 204 g/mol. The summed E-state index contributed by atoms with van der Waals surface area (Å²) in [4.78, 5) is 4.21. The summed E-state index contributed by atoms with van der Waals surface area (Å²) in [6.45, 7) is 5.01. The highest BCUT2D eigenvalue weighted by atomic mass is 79.9. The molecule has 2 nitrogen and oxygen atoms in total. The molecule has 1 rings (SSSR count). The zero-order valence-electron chi connectivity index (χ0n) is 6.69. The van der Waals surface area contributed by atoms with Gasteiger partial charge >= 0.3 is 0 Å². The van der Waals surface area contributed by atoms with Crippen LogP contribution >= 0.6 is 15.9 Å². The predicted molar refractivity (Wildman–Crippen MR) is 50.8 cm³/mol. The van der Waals surface area contributed by atoms with Crippen molar-refractivity contribution >= 4 is 21.7 Å². The van der Waals surface area contributed by atoms with Crippen LogP contribution in [-0.4, -0.2) is 11.5 Å². The number of aromatic nitrogens is 1. The third-order valence-corrected chi connectivity index (χ3v) is 1.82. The van der Waals surface area contributed by atoms with Crippen molar-refractivity contribution in [3.63, 3.8) is 0 Å². The Kier molecular flexibility index (Phi) is 2.88. The van der Waals surface area contributed by atoms with Crippen molar-refractivity contribution in [3.05, 3.63) is 22.3 Å². The van der Waals surface area contributed by atoms with Crippen molar-refractivity contribution in [2.75, 3.05) is 11.9 Å². The van der Waals surface area contributed by atoms with E-state index < -0.39 is 0 Å². The molecule has 0 unspecified atom stereocenters. The zero-order valence-corrected chi connectivity index (χ0v) is 8.27. The Morgan fingerprint density at radius 2 is 2.36 bits per heavy atom. The molecule has 0 saturated heterocycles. The monoisotopic (exact) mass is 214 g/mol. The molecule has 1 aromatic rings. The third kappa shape index (κ3) is 2.19. The number of rotatable bonds is 2. The van der Waals surface area contributed by atoms with Gasteiger partial charge in [0.15, 0.2) is 0 Å². The van der Waals surface area contributed by atoms with Crippen LogP contribution < -0.4 is 5.32 Å². The molecule has 0 atom stereocenters. The summed E-state index contributed by atoms with van der Waals surface area (Å²) in [7, 11) is 0. The van der Waals surface area contributed by atoms with Crippen molar-refractivity contribution in [1.82, 2.24) is 4.98 Å². The van der Waals surface area contributed by atoms with E-state index in [-0.39, 0.29) is 0 Å². The number of hydrogen-bond acceptors (Lipinski definition) is 2. The normalized spacial score (nSPS) is 9.73. The van der Waals surface area contributed by atoms with Gasteiger partial charge < -0.3 is 5.32 Å². The molecule has 3 heteroatoms. The van der Waals surface area contributed by atoms with Crippen LogP contribution in [0.2, 0.25) is 0 Å². The van der Waals surface area contributed by atoms with E-state index in [2.05, 4.69) is 33.2 Å². The van der Waals surface area contributed by atoms with E-state index >= 15 is 0 Å². The molecule has 0 bridgehead atoms. The van der Waals surface area contributed by atoms with Crippen LogP contribution in [0.1, 0.15) is 12.5 Å². The molecule has 1 heterocycles. The first-order valence-corrected chi connectivity index (χ1v) is 4.39. The average molecular weight is 215 g/mol. The first-order valence-electron chi connectivity index (χ1n) is 3.60. The van der Waals surface area contributed by atoms with E-state index in [1.807, 2.05) is 13.0 Å². The molecule has 0 aliphatic carbocycles. The fourth-order valence-corrected chi connectivity index (χ4v) is 1.34. The SMILES string of the molecule is CCNc1ncc(Br)cc1C. The summed E-state index contributed by atoms with van der Waals surface area (Å²) in [6, 6.07) is 2.05. The molecule has 1 N–H and O–H groups in total. The van der Waals surface area contributed by atoms with Gasteiger partial charge in [-0.15, -0.1) is 0 Å². The molecule has 1 aromatic heterocycles.